The Labute approximate surface area is 96.1 Å². The Morgan fingerprint density at radius 2 is 2.19 bits per heavy atom. The lowest BCUT2D eigenvalue weighted by atomic mass is 10.2. The van der Waals surface area contributed by atoms with Crippen molar-refractivity contribution in [2.75, 3.05) is 20.2 Å². The van der Waals surface area contributed by atoms with E-state index in [2.05, 4.69) is 5.32 Å². The molecule has 3 heteroatoms. The van der Waals surface area contributed by atoms with Gasteiger partial charge in [0.05, 0.1) is 6.61 Å². The minimum atomic E-state index is -0.265. The number of rotatable bonds is 6. The highest BCUT2D eigenvalue weighted by atomic mass is 19.1. The molecule has 0 saturated heterocycles. The van der Waals surface area contributed by atoms with Crippen LogP contribution >= 0.6 is 0 Å². The smallest absolute Gasteiger partial charge is 0.127 e. The van der Waals surface area contributed by atoms with Crippen LogP contribution in [0.15, 0.2) is 24.3 Å². The summed E-state index contributed by atoms with van der Waals surface area (Å²) in [6, 6.07) is 4.73. The molecule has 0 atom stereocenters. The molecule has 0 aromatic heterocycles. The Balaban J connectivity index is 2.68. The third-order valence-electron chi connectivity index (χ3n) is 2.08. The highest BCUT2D eigenvalue weighted by Crippen LogP contribution is 2.17. The molecule has 1 rings (SSSR count). The van der Waals surface area contributed by atoms with Crippen molar-refractivity contribution in [1.82, 2.24) is 5.32 Å². The SMILES string of the molecule is CCOc1cc(F)cc(C=CCCNC)c1. The van der Waals surface area contributed by atoms with Gasteiger partial charge in [-0.25, -0.2) is 4.39 Å². The van der Waals surface area contributed by atoms with Crippen LogP contribution < -0.4 is 10.1 Å². The number of hydrogen-bond donors (Lipinski definition) is 1. The highest BCUT2D eigenvalue weighted by molar-refractivity contribution is 5.51. The second kappa shape index (κ2) is 7.01. The summed E-state index contributed by atoms with van der Waals surface area (Å²) in [7, 11) is 1.91. The van der Waals surface area contributed by atoms with E-state index in [1.807, 2.05) is 32.2 Å². The Morgan fingerprint density at radius 3 is 2.88 bits per heavy atom. The lowest BCUT2D eigenvalue weighted by Crippen LogP contribution is -2.05. The van der Waals surface area contributed by atoms with E-state index in [0.29, 0.717) is 12.4 Å². The molecule has 0 heterocycles. The van der Waals surface area contributed by atoms with Gasteiger partial charge in [-0.3, -0.25) is 0 Å². The first-order valence-electron chi connectivity index (χ1n) is 5.50. The molecule has 0 radical (unpaired) electrons. The molecule has 1 aromatic rings. The maximum absolute atomic E-state index is 13.2. The van der Waals surface area contributed by atoms with Crippen LogP contribution in [-0.4, -0.2) is 20.2 Å². The summed E-state index contributed by atoms with van der Waals surface area (Å²) in [5, 5.41) is 3.05. The van der Waals surface area contributed by atoms with Crippen LogP contribution in [0.1, 0.15) is 18.9 Å². The van der Waals surface area contributed by atoms with Crippen LogP contribution in [-0.2, 0) is 0 Å². The number of halogens is 1. The van der Waals surface area contributed by atoms with Crippen molar-refractivity contribution >= 4 is 6.08 Å². The average Bonchev–Trinajstić information content (AvgIpc) is 2.24. The van der Waals surface area contributed by atoms with E-state index in [4.69, 9.17) is 4.74 Å². The summed E-state index contributed by atoms with van der Waals surface area (Å²) in [6.07, 6.45) is 4.85. The first kappa shape index (κ1) is 12.7. The van der Waals surface area contributed by atoms with Crippen LogP contribution in [0, 0.1) is 5.82 Å². The molecule has 0 fully saturated rings. The molecule has 16 heavy (non-hydrogen) atoms. The number of ether oxygens (including phenoxy) is 1. The Morgan fingerprint density at radius 1 is 1.38 bits per heavy atom. The predicted octanol–water partition coefficient (Wildman–Crippen LogP) is 2.85. The minimum absolute atomic E-state index is 0.265. The molecule has 88 valence electrons. The standard InChI is InChI=1S/C13H18FNO/c1-3-16-13-9-11(8-12(14)10-13)6-4-5-7-15-2/h4,6,8-10,15H,3,5,7H2,1-2H3. The first-order chi connectivity index (χ1) is 7.76. The van der Waals surface area contributed by atoms with Gasteiger partial charge >= 0.3 is 0 Å². The van der Waals surface area contributed by atoms with Crippen molar-refractivity contribution in [3.8, 4) is 5.75 Å². The quantitative estimate of drug-likeness (QED) is 0.749. The second-order valence-corrected chi connectivity index (χ2v) is 3.45. The monoisotopic (exact) mass is 223 g/mol. The van der Waals surface area contributed by atoms with Gasteiger partial charge < -0.3 is 10.1 Å². The van der Waals surface area contributed by atoms with Crippen LogP contribution in [0.5, 0.6) is 5.75 Å². The molecular formula is C13H18FNO. The summed E-state index contributed by atoms with van der Waals surface area (Å²) in [5.41, 5.74) is 0.833. The topological polar surface area (TPSA) is 21.3 Å². The fourth-order valence-corrected chi connectivity index (χ4v) is 1.38. The van der Waals surface area contributed by atoms with Crippen molar-refractivity contribution in [1.29, 1.82) is 0 Å². The zero-order valence-corrected chi connectivity index (χ0v) is 9.79. The van der Waals surface area contributed by atoms with Gasteiger partial charge in [0.2, 0.25) is 0 Å². The van der Waals surface area contributed by atoms with Crippen LogP contribution in [0.2, 0.25) is 0 Å². The van der Waals surface area contributed by atoms with Gasteiger partial charge in [-0.05, 0) is 44.6 Å². The van der Waals surface area contributed by atoms with Gasteiger partial charge in [0.25, 0.3) is 0 Å². The second-order valence-electron chi connectivity index (χ2n) is 3.45. The maximum Gasteiger partial charge on any atom is 0.127 e. The molecule has 1 N–H and O–H groups in total. The van der Waals surface area contributed by atoms with Gasteiger partial charge in [-0.1, -0.05) is 12.2 Å². The molecule has 0 unspecified atom stereocenters. The van der Waals surface area contributed by atoms with Crippen molar-refractivity contribution in [3.63, 3.8) is 0 Å². The normalized spacial score (nSPS) is 10.9. The predicted molar refractivity (Wildman–Crippen MR) is 65.1 cm³/mol. The van der Waals surface area contributed by atoms with E-state index < -0.39 is 0 Å². The van der Waals surface area contributed by atoms with E-state index in [1.165, 1.54) is 12.1 Å². The van der Waals surface area contributed by atoms with E-state index in [-0.39, 0.29) is 5.82 Å². The molecule has 2 nitrogen and oxygen atoms in total. The van der Waals surface area contributed by atoms with Gasteiger partial charge in [0.1, 0.15) is 11.6 Å². The molecule has 0 aliphatic heterocycles. The molecule has 1 aromatic carbocycles. The van der Waals surface area contributed by atoms with Gasteiger partial charge in [-0.2, -0.15) is 0 Å². The molecule has 0 saturated carbocycles. The molecule has 0 amide bonds. The summed E-state index contributed by atoms with van der Waals surface area (Å²) in [4.78, 5) is 0. The van der Waals surface area contributed by atoms with E-state index in [9.17, 15) is 4.39 Å². The van der Waals surface area contributed by atoms with E-state index >= 15 is 0 Å². The molecular weight excluding hydrogens is 205 g/mol. The van der Waals surface area contributed by atoms with Crippen LogP contribution in [0.25, 0.3) is 6.08 Å². The lowest BCUT2D eigenvalue weighted by Gasteiger charge is -2.04. The minimum Gasteiger partial charge on any atom is -0.494 e. The number of hydrogen-bond acceptors (Lipinski definition) is 2. The summed E-state index contributed by atoms with van der Waals surface area (Å²) >= 11 is 0. The van der Waals surface area contributed by atoms with Gasteiger partial charge in [-0.15, -0.1) is 0 Å². The Hall–Kier alpha value is -1.35. The average molecular weight is 223 g/mol. The zero-order chi connectivity index (χ0) is 11.8. The largest absolute Gasteiger partial charge is 0.494 e. The van der Waals surface area contributed by atoms with E-state index in [0.717, 1.165) is 18.5 Å². The van der Waals surface area contributed by atoms with Crippen LogP contribution in [0.4, 0.5) is 4.39 Å². The number of nitrogens with one attached hydrogen (secondary N) is 1. The number of benzene rings is 1. The summed E-state index contributed by atoms with van der Waals surface area (Å²) in [6.45, 7) is 3.35. The molecule has 0 spiro atoms. The molecule has 0 aliphatic carbocycles. The first-order valence-corrected chi connectivity index (χ1v) is 5.50. The maximum atomic E-state index is 13.2. The third-order valence-corrected chi connectivity index (χ3v) is 2.08. The zero-order valence-electron chi connectivity index (χ0n) is 9.79. The highest BCUT2D eigenvalue weighted by Gasteiger charge is 1.98. The summed E-state index contributed by atoms with van der Waals surface area (Å²) < 4.78 is 18.5. The molecule has 0 aliphatic rings. The summed E-state index contributed by atoms with van der Waals surface area (Å²) in [5.74, 6) is 0.315. The Kier molecular flexibility index (Phi) is 5.57. The molecule has 0 bridgehead atoms. The van der Waals surface area contributed by atoms with Gasteiger partial charge in [0, 0.05) is 6.07 Å². The fraction of sp³-hybridized carbons (Fsp3) is 0.385. The van der Waals surface area contributed by atoms with Crippen molar-refractivity contribution < 1.29 is 9.13 Å². The third kappa shape index (κ3) is 4.45. The Bertz CT molecular complexity index is 350. The van der Waals surface area contributed by atoms with Gasteiger partial charge in [0.15, 0.2) is 0 Å². The van der Waals surface area contributed by atoms with Crippen molar-refractivity contribution in [3.05, 3.63) is 35.7 Å². The lowest BCUT2D eigenvalue weighted by molar-refractivity contribution is 0.338. The van der Waals surface area contributed by atoms with Crippen molar-refractivity contribution in [2.24, 2.45) is 0 Å². The van der Waals surface area contributed by atoms with Crippen LogP contribution in [0.3, 0.4) is 0 Å². The van der Waals surface area contributed by atoms with E-state index in [1.54, 1.807) is 0 Å². The fourth-order valence-electron chi connectivity index (χ4n) is 1.38. The van der Waals surface area contributed by atoms with Crippen molar-refractivity contribution in [2.45, 2.75) is 13.3 Å².